The van der Waals surface area contributed by atoms with E-state index < -0.39 is 24.7 Å². The summed E-state index contributed by atoms with van der Waals surface area (Å²) in [6, 6.07) is 10.6. The number of benzene rings is 1. The van der Waals surface area contributed by atoms with Crippen LogP contribution in [0.15, 0.2) is 48.7 Å². The molecule has 0 spiro atoms. The predicted octanol–water partition coefficient (Wildman–Crippen LogP) is 2.81. The van der Waals surface area contributed by atoms with Crippen molar-refractivity contribution in [2.45, 2.75) is 25.2 Å². The molecule has 1 saturated heterocycles. The number of pyridine rings is 1. The van der Waals surface area contributed by atoms with Crippen LogP contribution in [0.1, 0.15) is 22.5 Å². The molecule has 1 atom stereocenters. The van der Waals surface area contributed by atoms with Gasteiger partial charge in [0.25, 0.3) is 5.91 Å². The predicted molar refractivity (Wildman–Crippen MR) is 121 cm³/mol. The lowest BCUT2D eigenvalue weighted by Gasteiger charge is -2.13. The van der Waals surface area contributed by atoms with E-state index in [1.54, 1.807) is 30.3 Å². The Kier molecular flexibility index (Phi) is 7.29. The highest BCUT2D eigenvalue weighted by atomic mass is 19.4. The van der Waals surface area contributed by atoms with E-state index in [0.717, 1.165) is 0 Å². The van der Waals surface area contributed by atoms with E-state index in [-0.39, 0.29) is 29.9 Å². The van der Waals surface area contributed by atoms with Gasteiger partial charge in [0.15, 0.2) is 5.82 Å². The number of carbonyl (C=O) groups is 2. The van der Waals surface area contributed by atoms with E-state index in [1.165, 1.54) is 18.3 Å². The molecule has 2 aromatic heterocycles. The smallest absolute Gasteiger partial charge is 0.411 e. The highest BCUT2D eigenvalue weighted by Crippen LogP contribution is 2.25. The van der Waals surface area contributed by atoms with Crippen LogP contribution in [-0.2, 0) is 16.1 Å². The maximum Gasteiger partial charge on any atom is 0.411 e. The van der Waals surface area contributed by atoms with Gasteiger partial charge in [-0.15, -0.1) is 0 Å². The van der Waals surface area contributed by atoms with Crippen molar-refractivity contribution in [2.24, 2.45) is 5.73 Å². The molecule has 0 saturated carbocycles. The van der Waals surface area contributed by atoms with Crippen LogP contribution in [0.2, 0.25) is 0 Å². The van der Waals surface area contributed by atoms with Gasteiger partial charge in [0, 0.05) is 30.4 Å². The molecule has 1 aromatic carbocycles. The Morgan fingerprint density at radius 2 is 1.94 bits per heavy atom. The Labute approximate surface area is 203 Å². The van der Waals surface area contributed by atoms with Gasteiger partial charge in [0.1, 0.15) is 29.9 Å². The van der Waals surface area contributed by atoms with E-state index in [0.29, 0.717) is 35.7 Å². The second kappa shape index (κ2) is 10.6. The fraction of sp³-hybridized carbons (Fsp3) is 0.261. The van der Waals surface area contributed by atoms with Crippen molar-refractivity contribution >= 4 is 17.6 Å². The number of halogens is 3. The van der Waals surface area contributed by atoms with Crippen LogP contribution in [-0.4, -0.2) is 52.1 Å². The first-order valence-electron chi connectivity index (χ1n) is 10.8. The molecule has 4 N–H and O–H groups in total. The monoisotopic (exact) mass is 502 g/mol. The van der Waals surface area contributed by atoms with E-state index >= 15 is 0 Å². The highest BCUT2D eigenvalue weighted by Gasteiger charge is 2.27. The Hall–Kier alpha value is -4.26. The minimum Gasteiger partial charge on any atom is -0.439 e. The number of amides is 2. The van der Waals surface area contributed by atoms with Crippen molar-refractivity contribution < 1.29 is 32.2 Å². The average Bonchev–Trinajstić information content (AvgIpc) is 3.24. The van der Waals surface area contributed by atoms with Crippen molar-refractivity contribution in [3.8, 4) is 23.0 Å². The molecule has 188 valence electrons. The molecule has 3 heterocycles. The summed E-state index contributed by atoms with van der Waals surface area (Å²) in [5.74, 6) is 0.276. The maximum atomic E-state index is 12.2. The molecule has 1 aliphatic rings. The number of hydrogen-bond acceptors (Lipinski definition) is 8. The summed E-state index contributed by atoms with van der Waals surface area (Å²) in [4.78, 5) is 36.3. The van der Waals surface area contributed by atoms with Gasteiger partial charge in [-0.2, -0.15) is 13.2 Å². The average molecular weight is 502 g/mol. The van der Waals surface area contributed by atoms with Crippen molar-refractivity contribution in [1.82, 2.24) is 20.3 Å². The van der Waals surface area contributed by atoms with Crippen molar-refractivity contribution in [3.63, 3.8) is 0 Å². The number of nitrogens with zero attached hydrogens (tertiary/aromatic N) is 3. The van der Waals surface area contributed by atoms with Gasteiger partial charge in [0.2, 0.25) is 11.8 Å². The van der Waals surface area contributed by atoms with Crippen LogP contribution in [0.3, 0.4) is 0 Å². The van der Waals surface area contributed by atoms with E-state index in [2.05, 4.69) is 30.3 Å². The first-order valence-corrected chi connectivity index (χ1v) is 10.8. The standard InChI is InChI=1S/C23H21F3N6O4/c24-23(25,26)12-35-11-13-1-6-19(29-10-13)36-15-4-2-14(3-5-15)21-31-17(20(27)33)9-18(32-21)30-16-7-8-28-22(16)34/h1-6,9-10,16H,7-8,11-12H2,(H2,27,33)(H,28,34)(H,30,31,32)/t16-/m0/s1. The topological polar surface area (TPSA) is 141 Å². The molecule has 2 amide bonds. The summed E-state index contributed by atoms with van der Waals surface area (Å²) < 4.78 is 46.8. The number of rotatable bonds is 9. The third-order valence-electron chi connectivity index (χ3n) is 5.02. The molecule has 1 fully saturated rings. The Morgan fingerprint density at radius 3 is 2.56 bits per heavy atom. The first-order chi connectivity index (χ1) is 17.2. The first kappa shape index (κ1) is 24.9. The maximum absolute atomic E-state index is 12.2. The third kappa shape index (κ3) is 6.66. The molecule has 10 nitrogen and oxygen atoms in total. The minimum absolute atomic E-state index is 0.00951. The number of aromatic nitrogens is 3. The number of alkyl halides is 3. The molecule has 3 aromatic rings. The van der Waals surface area contributed by atoms with Gasteiger partial charge in [0.05, 0.1) is 6.61 Å². The molecule has 4 rings (SSSR count). The van der Waals surface area contributed by atoms with Gasteiger partial charge in [-0.3, -0.25) is 9.59 Å². The fourth-order valence-electron chi connectivity index (χ4n) is 3.32. The molecule has 1 aliphatic heterocycles. The summed E-state index contributed by atoms with van der Waals surface area (Å²) in [5, 5.41) is 5.71. The molecule has 13 heteroatoms. The van der Waals surface area contributed by atoms with Crippen LogP contribution in [0.25, 0.3) is 11.4 Å². The van der Waals surface area contributed by atoms with Gasteiger partial charge in [-0.05, 0) is 42.3 Å². The molecule has 0 radical (unpaired) electrons. The summed E-state index contributed by atoms with van der Waals surface area (Å²) in [5.41, 5.74) is 6.43. The molecule has 0 bridgehead atoms. The van der Waals surface area contributed by atoms with Gasteiger partial charge in [-0.1, -0.05) is 0 Å². The van der Waals surface area contributed by atoms with Crippen LogP contribution < -0.4 is 21.1 Å². The van der Waals surface area contributed by atoms with Crippen LogP contribution >= 0.6 is 0 Å². The summed E-state index contributed by atoms with van der Waals surface area (Å²) in [6.45, 7) is -1.02. The number of ether oxygens (including phenoxy) is 2. The Balaban J connectivity index is 1.43. The lowest BCUT2D eigenvalue weighted by molar-refractivity contribution is -0.176. The number of anilines is 1. The van der Waals surface area contributed by atoms with Gasteiger partial charge >= 0.3 is 6.18 Å². The second-order valence-electron chi connectivity index (χ2n) is 7.84. The zero-order valence-electron chi connectivity index (χ0n) is 18.7. The summed E-state index contributed by atoms with van der Waals surface area (Å²) in [6.07, 6.45) is -2.45. The molecule has 0 aliphatic carbocycles. The number of hydrogen-bond donors (Lipinski definition) is 3. The van der Waals surface area contributed by atoms with Gasteiger partial charge in [-0.25, -0.2) is 15.0 Å². The lowest BCUT2D eigenvalue weighted by Crippen LogP contribution is -2.30. The summed E-state index contributed by atoms with van der Waals surface area (Å²) in [7, 11) is 0. The molecular weight excluding hydrogens is 481 g/mol. The zero-order chi connectivity index (χ0) is 25.7. The SMILES string of the molecule is NC(=O)c1cc(N[C@H]2CCNC2=O)nc(-c2ccc(Oc3ccc(COCC(F)(F)F)cn3)cc2)n1. The third-order valence-corrected chi connectivity index (χ3v) is 5.02. The Morgan fingerprint density at radius 1 is 1.17 bits per heavy atom. The largest absolute Gasteiger partial charge is 0.439 e. The minimum atomic E-state index is -4.39. The quantitative estimate of drug-likeness (QED) is 0.406. The normalized spacial score (nSPS) is 15.4. The van der Waals surface area contributed by atoms with E-state index in [4.69, 9.17) is 10.5 Å². The zero-order valence-corrected chi connectivity index (χ0v) is 18.7. The Bertz CT molecular complexity index is 1240. The van der Waals surface area contributed by atoms with E-state index in [1.807, 2.05) is 0 Å². The van der Waals surface area contributed by atoms with Crippen LogP contribution in [0.4, 0.5) is 19.0 Å². The fourth-order valence-corrected chi connectivity index (χ4v) is 3.32. The van der Waals surface area contributed by atoms with Crippen LogP contribution in [0, 0.1) is 0 Å². The highest BCUT2D eigenvalue weighted by molar-refractivity contribution is 5.92. The van der Waals surface area contributed by atoms with Crippen LogP contribution in [0.5, 0.6) is 11.6 Å². The number of nitrogens with two attached hydrogens (primary N) is 1. The van der Waals surface area contributed by atoms with Crippen molar-refractivity contribution in [1.29, 1.82) is 0 Å². The van der Waals surface area contributed by atoms with Crippen molar-refractivity contribution in [2.75, 3.05) is 18.5 Å². The second-order valence-corrected chi connectivity index (χ2v) is 7.84. The molecular formula is C23H21F3N6O4. The van der Waals surface area contributed by atoms with Gasteiger partial charge < -0.3 is 25.8 Å². The van der Waals surface area contributed by atoms with E-state index in [9.17, 15) is 22.8 Å². The number of primary amides is 1. The summed E-state index contributed by atoms with van der Waals surface area (Å²) >= 11 is 0. The van der Waals surface area contributed by atoms with Crippen molar-refractivity contribution in [3.05, 3.63) is 59.9 Å². The number of nitrogens with one attached hydrogen (secondary N) is 2. The number of carbonyl (C=O) groups excluding carboxylic acids is 2. The molecule has 0 unspecified atom stereocenters. The molecule has 36 heavy (non-hydrogen) atoms. The lowest BCUT2D eigenvalue weighted by atomic mass is 10.2.